The third kappa shape index (κ3) is 6.07. The molecule has 0 atom stereocenters. The second-order valence-corrected chi connectivity index (χ2v) is 11.3. The Labute approximate surface area is 270 Å². The maximum Gasteiger partial charge on any atom is 0.435 e. The van der Waals surface area contributed by atoms with Gasteiger partial charge in [0.25, 0.3) is 11.5 Å². The number of fused-ring (bicyclic) bond motifs is 1. The summed E-state index contributed by atoms with van der Waals surface area (Å²) < 4.78 is 48.7. The molecule has 0 aromatic carbocycles. The van der Waals surface area contributed by atoms with Crippen LogP contribution < -0.4 is 15.8 Å². The Kier molecular flexibility index (Phi) is 8.63. The number of hydrogen-bond acceptors (Lipinski definition) is 11. The highest BCUT2D eigenvalue weighted by atomic mass is 19.4. The van der Waals surface area contributed by atoms with Crippen molar-refractivity contribution in [1.29, 1.82) is 0 Å². The van der Waals surface area contributed by atoms with E-state index in [9.17, 15) is 32.7 Å². The summed E-state index contributed by atoms with van der Waals surface area (Å²) in [5.74, 6) is -1.24. The van der Waals surface area contributed by atoms with Gasteiger partial charge in [-0.15, -0.1) is 5.10 Å². The van der Waals surface area contributed by atoms with Gasteiger partial charge in [0, 0.05) is 39.3 Å². The van der Waals surface area contributed by atoms with Gasteiger partial charge in [-0.1, -0.05) is 13.0 Å². The normalized spacial score (nSPS) is 15.6. The van der Waals surface area contributed by atoms with Crippen LogP contribution in [0.3, 0.4) is 0 Å². The molecule has 48 heavy (non-hydrogen) atoms. The number of nitrogens with one attached hydrogen (secondary N) is 1. The topological polar surface area (TPSA) is 178 Å². The predicted molar refractivity (Wildman–Crippen MR) is 163 cm³/mol. The molecule has 2 N–H and O–H groups in total. The third-order valence-electron chi connectivity index (χ3n) is 8.24. The summed E-state index contributed by atoms with van der Waals surface area (Å²) in [5, 5.41) is 20.8. The highest BCUT2D eigenvalue weighted by molar-refractivity contribution is 5.95. The molecule has 4 aromatic rings. The van der Waals surface area contributed by atoms with Crippen molar-refractivity contribution in [3.05, 3.63) is 57.4 Å². The van der Waals surface area contributed by atoms with Crippen molar-refractivity contribution >= 4 is 34.7 Å². The van der Waals surface area contributed by atoms with Crippen molar-refractivity contribution in [2.24, 2.45) is 7.05 Å². The Morgan fingerprint density at radius 1 is 1.12 bits per heavy atom. The molecule has 254 valence electrons. The van der Waals surface area contributed by atoms with Crippen molar-refractivity contribution in [3.8, 4) is 5.75 Å². The van der Waals surface area contributed by atoms with Crippen LogP contribution >= 0.6 is 0 Å². The summed E-state index contributed by atoms with van der Waals surface area (Å²) >= 11 is 0. The fourth-order valence-corrected chi connectivity index (χ4v) is 5.75. The zero-order valence-corrected chi connectivity index (χ0v) is 26.3. The number of alkyl halides is 3. The maximum absolute atomic E-state index is 14.1. The molecule has 0 radical (unpaired) electrons. The first-order chi connectivity index (χ1) is 22.9. The van der Waals surface area contributed by atoms with E-state index in [0.29, 0.717) is 31.2 Å². The smallest absolute Gasteiger partial charge is 0.435 e. The molecule has 4 aromatic heterocycles. The van der Waals surface area contributed by atoms with Crippen molar-refractivity contribution < 1.29 is 32.6 Å². The summed E-state index contributed by atoms with van der Waals surface area (Å²) in [6.45, 7) is 4.60. The number of halogens is 3. The fraction of sp³-hybridized carbons (Fsp3) is 0.448. The number of aromatic hydroxyl groups is 1. The van der Waals surface area contributed by atoms with Gasteiger partial charge in [-0.05, 0) is 25.3 Å². The number of hydrogen-bond donors (Lipinski definition) is 2. The standard InChI is InChI=1S/C29H32F3N11O5/c1-4-18-23(40-7-9-41(10-8-40)26(46)22-24(45)16(2)33-15-34-22)27(47)43-28(36-25(38-43)17-5-11-48-12-6-17)42(18)14-21(44)35-20-13-19(29(30,31)32)37-39(20)3/h5,13,15,45H,4,6-12,14H2,1-3H3,(H,35,44). The molecule has 16 nitrogen and oxygen atoms in total. The first kappa shape index (κ1) is 32.6. The molecule has 6 heterocycles. The Morgan fingerprint density at radius 2 is 1.88 bits per heavy atom. The number of aromatic nitrogens is 8. The molecule has 2 aliphatic rings. The van der Waals surface area contributed by atoms with Crippen LogP contribution in [0.5, 0.6) is 5.75 Å². The molecule has 2 amide bonds. The summed E-state index contributed by atoms with van der Waals surface area (Å²) in [5.41, 5.74) is -0.00817. The van der Waals surface area contributed by atoms with Crippen LogP contribution in [0.15, 0.2) is 23.3 Å². The molecule has 0 spiro atoms. The van der Waals surface area contributed by atoms with Crippen molar-refractivity contribution in [1.82, 2.24) is 43.8 Å². The number of anilines is 2. The lowest BCUT2D eigenvalue weighted by atomic mass is 10.1. The van der Waals surface area contributed by atoms with Gasteiger partial charge in [0.15, 0.2) is 23.0 Å². The molecular formula is C29H32F3N11O5. The minimum atomic E-state index is -4.70. The largest absolute Gasteiger partial charge is 0.504 e. The highest BCUT2D eigenvalue weighted by Gasteiger charge is 2.35. The molecule has 0 bridgehead atoms. The van der Waals surface area contributed by atoms with Crippen LogP contribution in [0, 0.1) is 6.92 Å². The molecule has 2 aliphatic heterocycles. The highest BCUT2D eigenvalue weighted by Crippen LogP contribution is 2.30. The van der Waals surface area contributed by atoms with E-state index in [1.807, 2.05) is 6.08 Å². The van der Waals surface area contributed by atoms with Crippen LogP contribution in [0.2, 0.25) is 0 Å². The predicted octanol–water partition coefficient (Wildman–Crippen LogP) is 1.41. The van der Waals surface area contributed by atoms with E-state index < -0.39 is 35.8 Å². The molecule has 1 saturated heterocycles. The summed E-state index contributed by atoms with van der Waals surface area (Å²) in [6.07, 6.45) is -0.889. The van der Waals surface area contributed by atoms with E-state index in [0.717, 1.165) is 20.8 Å². The van der Waals surface area contributed by atoms with Gasteiger partial charge < -0.3 is 29.5 Å². The SMILES string of the molecule is CCc1c(N2CCN(C(=O)c3ncnc(C)c3O)CC2)c(=O)n2nc(C3=CCOCC3)nc2n1CC(=O)Nc1cc(C(F)(F)F)nn1C. The minimum absolute atomic E-state index is 0.0857. The van der Waals surface area contributed by atoms with Crippen LogP contribution in [-0.4, -0.2) is 100 Å². The van der Waals surface area contributed by atoms with Gasteiger partial charge in [-0.25, -0.2) is 9.97 Å². The number of nitrogens with zero attached hydrogens (tertiary/aromatic N) is 10. The molecule has 1 fully saturated rings. The molecule has 6 rings (SSSR count). The summed E-state index contributed by atoms with van der Waals surface area (Å²) in [4.78, 5) is 56.5. The molecule has 19 heteroatoms. The van der Waals surface area contributed by atoms with Gasteiger partial charge in [0.05, 0.1) is 24.6 Å². The van der Waals surface area contributed by atoms with Crippen LogP contribution in [0.1, 0.15) is 46.7 Å². The van der Waals surface area contributed by atoms with E-state index in [2.05, 4.69) is 30.5 Å². The number of piperazine rings is 1. The number of ether oxygens (including phenoxy) is 1. The number of aryl methyl sites for hydroxylation is 2. The lowest BCUT2D eigenvalue weighted by molar-refractivity contribution is -0.141. The fourth-order valence-electron chi connectivity index (χ4n) is 5.75. The zero-order valence-electron chi connectivity index (χ0n) is 26.3. The monoisotopic (exact) mass is 671 g/mol. The van der Waals surface area contributed by atoms with E-state index in [-0.39, 0.29) is 67.0 Å². The van der Waals surface area contributed by atoms with Crippen LogP contribution in [-0.2, 0) is 35.7 Å². The van der Waals surface area contributed by atoms with E-state index in [1.54, 1.807) is 18.7 Å². The first-order valence-corrected chi connectivity index (χ1v) is 15.1. The van der Waals surface area contributed by atoms with Gasteiger partial charge in [-0.3, -0.25) is 19.1 Å². The number of amides is 2. The van der Waals surface area contributed by atoms with Gasteiger partial charge in [0.2, 0.25) is 11.7 Å². The number of carbonyl (C=O) groups excluding carboxylic acids is 2. The third-order valence-corrected chi connectivity index (χ3v) is 8.24. The summed E-state index contributed by atoms with van der Waals surface area (Å²) in [7, 11) is 1.28. The first-order valence-electron chi connectivity index (χ1n) is 15.1. The quantitative estimate of drug-likeness (QED) is 0.290. The Balaban J connectivity index is 1.35. The number of rotatable bonds is 7. The van der Waals surface area contributed by atoms with E-state index in [1.165, 1.54) is 22.8 Å². The lowest BCUT2D eigenvalue weighted by Crippen LogP contribution is -2.51. The number of carbonyl (C=O) groups is 2. The van der Waals surface area contributed by atoms with Gasteiger partial charge in [0.1, 0.15) is 24.4 Å². The maximum atomic E-state index is 14.1. The summed E-state index contributed by atoms with van der Waals surface area (Å²) in [6, 6.07) is 0.737. The second-order valence-electron chi connectivity index (χ2n) is 11.3. The van der Waals surface area contributed by atoms with Crippen LogP contribution in [0.4, 0.5) is 24.7 Å². The minimum Gasteiger partial charge on any atom is -0.504 e. The molecule has 0 unspecified atom stereocenters. The lowest BCUT2D eigenvalue weighted by Gasteiger charge is -2.36. The molecule has 0 aliphatic carbocycles. The van der Waals surface area contributed by atoms with Crippen molar-refractivity contribution in [2.75, 3.05) is 49.6 Å². The van der Waals surface area contributed by atoms with E-state index >= 15 is 0 Å². The second kappa shape index (κ2) is 12.7. The van der Waals surface area contributed by atoms with Crippen LogP contribution in [0.25, 0.3) is 11.4 Å². The van der Waals surface area contributed by atoms with Gasteiger partial charge >= 0.3 is 6.18 Å². The average Bonchev–Trinajstić information content (AvgIpc) is 3.68. The average molecular weight is 672 g/mol. The van der Waals surface area contributed by atoms with Crippen molar-refractivity contribution in [3.63, 3.8) is 0 Å². The Bertz CT molecular complexity index is 1990. The Hall–Kier alpha value is -5.33. The van der Waals surface area contributed by atoms with Gasteiger partial charge in [-0.2, -0.15) is 27.8 Å². The Morgan fingerprint density at radius 3 is 2.52 bits per heavy atom. The molecular weight excluding hydrogens is 639 g/mol. The van der Waals surface area contributed by atoms with E-state index in [4.69, 9.17) is 4.74 Å². The molecule has 0 saturated carbocycles. The van der Waals surface area contributed by atoms with Crippen molar-refractivity contribution in [2.45, 2.75) is 39.4 Å². The zero-order chi connectivity index (χ0) is 34.3.